The molecule has 0 radical (unpaired) electrons. The van der Waals surface area contributed by atoms with Crippen LogP contribution in [0.4, 0.5) is 9.18 Å². The lowest BCUT2D eigenvalue weighted by Gasteiger charge is -2.22. The van der Waals surface area contributed by atoms with Gasteiger partial charge in [0.2, 0.25) is 0 Å². The molecule has 0 aliphatic heterocycles. The molecule has 0 saturated heterocycles. The second-order valence-corrected chi connectivity index (χ2v) is 5.54. The molecule has 0 spiro atoms. The number of nitrogens with zero attached hydrogens (tertiary/aromatic N) is 2. The highest BCUT2D eigenvalue weighted by Gasteiger charge is 2.19. The molecule has 0 heterocycles. The zero-order chi connectivity index (χ0) is 18.6. The second kappa shape index (κ2) is 7.64. The lowest BCUT2D eigenvalue weighted by molar-refractivity contribution is -0.0710. The fourth-order valence-corrected chi connectivity index (χ4v) is 2.32. The van der Waals surface area contributed by atoms with Crippen LogP contribution in [0.25, 0.3) is 0 Å². The average Bonchev–Trinajstić information content (AvgIpc) is 2.61. The highest BCUT2D eigenvalue weighted by Crippen LogP contribution is 2.29. The Balaban J connectivity index is 2.23. The Hall–Kier alpha value is -3.11. The van der Waals surface area contributed by atoms with Gasteiger partial charge in [-0.25, -0.2) is 9.18 Å². The molecule has 2 rings (SSSR count). The number of carbonyl (C=O) groups is 1. The molecule has 0 aliphatic carbocycles. The maximum absolute atomic E-state index is 13.0. The summed E-state index contributed by atoms with van der Waals surface area (Å²) < 4.78 is 18.8. The molecular formula is C18H18FN3O3. The van der Waals surface area contributed by atoms with Gasteiger partial charge in [0, 0.05) is 0 Å². The summed E-state index contributed by atoms with van der Waals surface area (Å²) in [7, 11) is 0. The third-order valence-corrected chi connectivity index (χ3v) is 3.84. The van der Waals surface area contributed by atoms with Crippen LogP contribution in [0.5, 0.6) is 5.75 Å². The molecule has 25 heavy (non-hydrogen) atoms. The number of nitrogens with two attached hydrogens (primary N) is 1. The number of urea groups is 1. The summed E-state index contributed by atoms with van der Waals surface area (Å²) in [5.41, 5.74) is 6.57. The molecule has 6 nitrogen and oxygen atoms in total. The number of rotatable bonds is 5. The maximum atomic E-state index is 13.0. The van der Waals surface area contributed by atoms with Crippen molar-refractivity contribution in [2.75, 3.05) is 0 Å². The lowest BCUT2D eigenvalue weighted by Crippen LogP contribution is -2.34. The first-order valence-corrected chi connectivity index (χ1v) is 7.57. The van der Waals surface area contributed by atoms with Gasteiger partial charge in [0.05, 0.1) is 11.6 Å². The van der Waals surface area contributed by atoms with Gasteiger partial charge >= 0.3 is 6.03 Å². The first-order chi connectivity index (χ1) is 11.8. The zero-order valence-corrected chi connectivity index (χ0v) is 13.8. The van der Waals surface area contributed by atoms with Crippen LogP contribution in [0.15, 0.2) is 42.5 Å². The predicted molar refractivity (Wildman–Crippen MR) is 88.2 cm³/mol. The van der Waals surface area contributed by atoms with Crippen LogP contribution in [-0.4, -0.2) is 16.3 Å². The smallest absolute Gasteiger partial charge is 0.339 e. The number of carbonyl (C=O) groups excluding carboxylic acids is 1. The van der Waals surface area contributed by atoms with Crippen molar-refractivity contribution < 1.29 is 19.1 Å². The Morgan fingerprint density at radius 1 is 1.24 bits per heavy atom. The highest BCUT2D eigenvalue weighted by atomic mass is 19.1. The van der Waals surface area contributed by atoms with Crippen molar-refractivity contribution in [1.29, 1.82) is 5.26 Å². The summed E-state index contributed by atoms with van der Waals surface area (Å²) in [5, 5.41) is 19.3. The van der Waals surface area contributed by atoms with Crippen molar-refractivity contribution in [3.63, 3.8) is 0 Å². The van der Waals surface area contributed by atoms with Crippen LogP contribution in [0.1, 0.15) is 42.7 Å². The van der Waals surface area contributed by atoms with Crippen LogP contribution in [-0.2, 0) is 0 Å². The minimum absolute atomic E-state index is 0.246. The van der Waals surface area contributed by atoms with Gasteiger partial charge in [0.25, 0.3) is 0 Å². The van der Waals surface area contributed by atoms with Crippen molar-refractivity contribution >= 4 is 6.03 Å². The van der Waals surface area contributed by atoms with Gasteiger partial charge in [0.1, 0.15) is 23.7 Å². The number of hydroxylamine groups is 2. The molecule has 2 aromatic carbocycles. The van der Waals surface area contributed by atoms with Crippen molar-refractivity contribution in [1.82, 2.24) is 5.06 Å². The van der Waals surface area contributed by atoms with E-state index in [9.17, 15) is 19.7 Å². The SMILES string of the molecule is CC(Oc1ccc(C(C)N(O)C(N)=O)cc1C#N)c1ccc(F)cc1. The first kappa shape index (κ1) is 18.2. The van der Waals surface area contributed by atoms with Crippen LogP contribution < -0.4 is 10.5 Å². The van der Waals surface area contributed by atoms with E-state index in [1.165, 1.54) is 18.2 Å². The molecule has 2 atom stereocenters. The Bertz CT molecular complexity index is 802. The number of benzene rings is 2. The molecule has 7 heteroatoms. The third-order valence-electron chi connectivity index (χ3n) is 3.84. The Morgan fingerprint density at radius 3 is 2.40 bits per heavy atom. The number of nitriles is 1. The number of ether oxygens (including phenoxy) is 1. The minimum atomic E-state index is -0.990. The van der Waals surface area contributed by atoms with E-state index >= 15 is 0 Å². The fraction of sp³-hybridized carbons (Fsp3) is 0.222. The molecule has 3 N–H and O–H groups in total. The summed E-state index contributed by atoms with van der Waals surface area (Å²) in [4.78, 5) is 11.0. The van der Waals surface area contributed by atoms with Gasteiger partial charge in [-0.15, -0.1) is 0 Å². The van der Waals surface area contributed by atoms with Crippen LogP contribution >= 0.6 is 0 Å². The molecule has 130 valence electrons. The van der Waals surface area contributed by atoms with E-state index in [4.69, 9.17) is 10.5 Å². The maximum Gasteiger partial charge on any atom is 0.339 e. The molecule has 0 aliphatic rings. The van der Waals surface area contributed by atoms with Gasteiger partial charge in [-0.2, -0.15) is 10.3 Å². The predicted octanol–water partition coefficient (Wildman–Crippen LogP) is 3.67. The Morgan fingerprint density at radius 2 is 1.84 bits per heavy atom. The molecule has 0 aromatic heterocycles. The van der Waals surface area contributed by atoms with Gasteiger partial charge < -0.3 is 10.5 Å². The molecule has 2 amide bonds. The number of hydrogen-bond acceptors (Lipinski definition) is 4. The number of halogens is 1. The normalized spacial score (nSPS) is 12.8. The van der Waals surface area contributed by atoms with E-state index in [0.717, 1.165) is 5.56 Å². The summed E-state index contributed by atoms with van der Waals surface area (Å²) >= 11 is 0. The van der Waals surface area contributed by atoms with Crippen LogP contribution in [0.2, 0.25) is 0 Å². The van der Waals surface area contributed by atoms with E-state index in [1.807, 2.05) is 6.07 Å². The zero-order valence-electron chi connectivity index (χ0n) is 13.8. The summed E-state index contributed by atoms with van der Waals surface area (Å²) in [6.07, 6.45) is -0.393. The summed E-state index contributed by atoms with van der Waals surface area (Å²) in [6.45, 7) is 3.36. The van der Waals surface area contributed by atoms with E-state index in [2.05, 4.69) is 0 Å². The minimum Gasteiger partial charge on any atom is -0.485 e. The topological polar surface area (TPSA) is 99.6 Å². The summed E-state index contributed by atoms with van der Waals surface area (Å²) in [5.74, 6) is 0.00820. The first-order valence-electron chi connectivity index (χ1n) is 7.57. The van der Waals surface area contributed by atoms with Crippen molar-refractivity contribution in [3.8, 4) is 11.8 Å². The lowest BCUT2D eigenvalue weighted by atomic mass is 10.0. The Kier molecular flexibility index (Phi) is 5.57. The summed E-state index contributed by atoms with van der Waals surface area (Å²) in [6, 6.07) is 10.9. The standard InChI is InChI=1S/C18H18FN3O3/c1-11(22(24)18(21)23)14-5-8-17(15(9-14)10-20)25-12(2)13-3-6-16(19)7-4-13/h3-9,11-12,24H,1-2H3,(H2,21,23). The highest BCUT2D eigenvalue weighted by molar-refractivity contribution is 5.71. The average molecular weight is 343 g/mol. The van der Waals surface area contributed by atoms with Crippen LogP contribution in [0, 0.1) is 17.1 Å². The van der Waals surface area contributed by atoms with Crippen LogP contribution in [0.3, 0.4) is 0 Å². The van der Waals surface area contributed by atoms with E-state index in [0.29, 0.717) is 16.4 Å². The molecule has 2 unspecified atom stereocenters. The third kappa shape index (κ3) is 4.25. The monoisotopic (exact) mass is 343 g/mol. The number of hydrogen-bond donors (Lipinski definition) is 2. The van der Waals surface area contributed by atoms with Gasteiger partial charge in [-0.3, -0.25) is 5.21 Å². The molecular weight excluding hydrogens is 325 g/mol. The van der Waals surface area contributed by atoms with Crippen molar-refractivity contribution in [3.05, 3.63) is 65.0 Å². The van der Waals surface area contributed by atoms with Crippen molar-refractivity contribution in [2.45, 2.75) is 26.0 Å². The molecule has 2 aromatic rings. The van der Waals surface area contributed by atoms with Gasteiger partial charge in [-0.1, -0.05) is 18.2 Å². The molecule has 0 bridgehead atoms. The van der Waals surface area contributed by atoms with Crippen molar-refractivity contribution in [2.24, 2.45) is 5.73 Å². The van der Waals surface area contributed by atoms with E-state index in [1.54, 1.807) is 38.1 Å². The molecule has 0 fully saturated rings. The van der Waals surface area contributed by atoms with E-state index < -0.39 is 18.2 Å². The van der Waals surface area contributed by atoms with Gasteiger partial charge in [0.15, 0.2) is 0 Å². The fourth-order valence-electron chi connectivity index (χ4n) is 2.32. The Labute approximate surface area is 144 Å². The number of primary amides is 1. The largest absolute Gasteiger partial charge is 0.485 e. The second-order valence-electron chi connectivity index (χ2n) is 5.54. The number of amides is 2. The molecule has 0 saturated carbocycles. The van der Waals surface area contributed by atoms with Gasteiger partial charge in [-0.05, 0) is 49.2 Å². The van der Waals surface area contributed by atoms with E-state index in [-0.39, 0.29) is 11.4 Å². The quantitative estimate of drug-likeness (QED) is 0.639.